The molecule has 0 spiro atoms. The summed E-state index contributed by atoms with van der Waals surface area (Å²) in [5.41, 5.74) is 5.28. The van der Waals surface area contributed by atoms with E-state index < -0.39 is 0 Å². The van der Waals surface area contributed by atoms with Crippen molar-refractivity contribution in [1.82, 2.24) is 24.2 Å². The summed E-state index contributed by atoms with van der Waals surface area (Å²) >= 11 is 0. The number of aryl methyl sites for hydroxylation is 2. The Kier molecular flexibility index (Phi) is 3.87. The minimum atomic E-state index is 0.0435. The Morgan fingerprint density at radius 2 is 1.84 bits per heavy atom. The van der Waals surface area contributed by atoms with E-state index in [4.69, 9.17) is 5.10 Å². The fourth-order valence-electron chi connectivity index (χ4n) is 3.53. The van der Waals surface area contributed by atoms with Crippen LogP contribution in [0, 0.1) is 0 Å². The number of carbonyl (C=O) groups is 1. The van der Waals surface area contributed by atoms with E-state index in [1.165, 1.54) is 11.3 Å². The number of aromatic nitrogens is 4. The van der Waals surface area contributed by atoms with Gasteiger partial charge in [0.05, 0.1) is 18.2 Å². The fourth-order valence-corrected chi connectivity index (χ4v) is 3.53. The molecule has 1 amide bonds. The van der Waals surface area contributed by atoms with Gasteiger partial charge in [-0.3, -0.25) is 9.48 Å². The topological polar surface area (TPSA) is 56.0 Å². The van der Waals surface area contributed by atoms with E-state index in [0.29, 0.717) is 18.8 Å². The summed E-state index contributed by atoms with van der Waals surface area (Å²) in [6, 6.07) is 10.3. The van der Waals surface area contributed by atoms with Gasteiger partial charge in [-0.2, -0.15) is 5.10 Å². The summed E-state index contributed by atoms with van der Waals surface area (Å²) in [5, 5.41) is 4.74. The average molecular weight is 335 g/mol. The highest BCUT2D eigenvalue weighted by atomic mass is 16.2. The molecule has 2 aromatic heterocycles. The monoisotopic (exact) mass is 335 g/mol. The number of imidazole rings is 1. The number of rotatable bonds is 2. The first kappa shape index (κ1) is 15.6. The highest BCUT2D eigenvalue weighted by Gasteiger charge is 2.26. The molecular weight excluding hydrogens is 314 g/mol. The molecule has 128 valence electrons. The zero-order valence-corrected chi connectivity index (χ0v) is 14.5. The summed E-state index contributed by atoms with van der Waals surface area (Å²) in [6.45, 7) is 1.40. The Hall–Kier alpha value is -2.89. The van der Waals surface area contributed by atoms with E-state index in [2.05, 4.69) is 17.1 Å². The van der Waals surface area contributed by atoms with Crippen molar-refractivity contribution < 1.29 is 4.79 Å². The highest BCUT2D eigenvalue weighted by molar-refractivity contribution is 5.92. The smallest absolute Gasteiger partial charge is 0.272 e. The number of carbonyl (C=O) groups excluding carboxylic acids is 1. The van der Waals surface area contributed by atoms with Gasteiger partial charge in [0.25, 0.3) is 5.91 Å². The normalized spacial score (nSPS) is 14.2. The van der Waals surface area contributed by atoms with E-state index in [-0.39, 0.29) is 5.91 Å². The summed E-state index contributed by atoms with van der Waals surface area (Å²) in [4.78, 5) is 18.8. The van der Waals surface area contributed by atoms with Gasteiger partial charge in [0.1, 0.15) is 5.69 Å². The molecule has 25 heavy (non-hydrogen) atoms. The van der Waals surface area contributed by atoms with Crippen LogP contribution in [0.5, 0.6) is 0 Å². The third kappa shape index (κ3) is 2.73. The van der Waals surface area contributed by atoms with E-state index in [0.717, 1.165) is 24.1 Å². The molecule has 0 N–H and O–H groups in total. The molecule has 0 atom stereocenters. The highest BCUT2D eigenvalue weighted by Crippen LogP contribution is 2.28. The molecule has 3 heterocycles. The van der Waals surface area contributed by atoms with Gasteiger partial charge >= 0.3 is 0 Å². The van der Waals surface area contributed by atoms with Gasteiger partial charge in [0.15, 0.2) is 0 Å². The predicted octanol–water partition coefficient (Wildman–Crippen LogP) is 2.06. The largest absolute Gasteiger partial charge is 0.337 e. The van der Waals surface area contributed by atoms with Crippen molar-refractivity contribution in [2.45, 2.75) is 12.8 Å². The number of amides is 1. The number of hydrogen-bond donors (Lipinski definition) is 0. The fraction of sp³-hybridized carbons (Fsp3) is 0.316. The Bertz CT molecular complexity index is 909. The first-order valence-electron chi connectivity index (χ1n) is 8.51. The molecule has 0 radical (unpaired) electrons. The molecule has 1 aromatic carbocycles. The molecule has 0 unspecified atom stereocenters. The van der Waals surface area contributed by atoms with E-state index >= 15 is 0 Å². The number of fused-ring (bicyclic) bond motifs is 1. The third-order valence-corrected chi connectivity index (χ3v) is 4.90. The Morgan fingerprint density at radius 1 is 1.08 bits per heavy atom. The van der Waals surface area contributed by atoms with Crippen molar-refractivity contribution in [2.24, 2.45) is 14.1 Å². The van der Waals surface area contributed by atoms with Crippen LogP contribution in [-0.2, 0) is 26.9 Å². The lowest BCUT2D eigenvalue weighted by Crippen LogP contribution is -2.34. The quantitative estimate of drug-likeness (QED) is 0.720. The van der Waals surface area contributed by atoms with Gasteiger partial charge in [0.2, 0.25) is 0 Å². The molecule has 6 heteroatoms. The molecule has 3 aromatic rings. The van der Waals surface area contributed by atoms with Crippen LogP contribution in [0.25, 0.3) is 11.3 Å². The van der Waals surface area contributed by atoms with Gasteiger partial charge in [-0.1, -0.05) is 30.3 Å². The van der Waals surface area contributed by atoms with Crippen LogP contribution >= 0.6 is 0 Å². The van der Waals surface area contributed by atoms with Crippen molar-refractivity contribution in [3.8, 4) is 11.3 Å². The van der Waals surface area contributed by atoms with Crippen LogP contribution < -0.4 is 0 Å². The Labute approximate surface area is 146 Å². The third-order valence-electron chi connectivity index (χ3n) is 4.90. The first-order chi connectivity index (χ1) is 12.1. The zero-order valence-electron chi connectivity index (χ0n) is 14.5. The number of benzene rings is 1. The molecule has 0 saturated carbocycles. The Morgan fingerprint density at radius 3 is 2.56 bits per heavy atom. The summed E-state index contributed by atoms with van der Waals surface area (Å²) in [7, 11) is 3.84. The molecule has 0 aliphatic carbocycles. The second-order valence-electron chi connectivity index (χ2n) is 6.45. The summed E-state index contributed by atoms with van der Waals surface area (Å²) in [5.74, 6) is 0.0435. The van der Waals surface area contributed by atoms with Gasteiger partial charge in [-0.25, -0.2) is 4.98 Å². The van der Waals surface area contributed by atoms with Crippen LogP contribution in [0.1, 0.15) is 21.7 Å². The summed E-state index contributed by atoms with van der Waals surface area (Å²) in [6.07, 6.45) is 4.93. The Balaban J connectivity index is 1.63. The minimum Gasteiger partial charge on any atom is -0.337 e. The molecular formula is C19H21N5O. The van der Waals surface area contributed by atoms with Crippen molar-refractivity contribution in [3.05, 3.63) is 59.8 Å². The van der Waals surface area contributed by atoms with Crippen molar-refractivity contribution in [3.63, 3.8) is 0 Å². The second-order valence-corrected chi connectivity index (χ2v) is 6.45. The van der Waals surface area contributed by atoms with Gasteiger partial charge < -0.3 is 9.47 Å². The van der Waals surface area contributed by atoms with Crippen LogP contribution in [0.15, 0.2) is 42.9 Å². The standard InChI is InChI=1S/C19H21N5O/c1-22-13-20-12-17(22)19(25)24-10-8-15-16(9-11-24)23(2)21-18(15)14-6-4-3-5-7-14/h3-7,12-13H,8-11H2,1-2H3. The molecule has 1 aliphatic rings. The van der Waals surface area contributed by atoms with Gasteiger partial charge in [-0.05, 0) is 6.42 Å². The average Bonchev–Trinajstić information content (AvgIpc) is 3.10. The molecule has 0 bridgehead atoms. The lowest BCUT2D eigenvalue weighted by molar-refractivity contribution is 0.0753. The SMILES string of the molecule is Cn1cncc1C(=O)N1CCc2c(-c3ccccc3)nn(C)c2CC1. The van der Waals surface area contributed by atoms with Crippen molar-refractivity contribution in [1.29, 1.82) is 0 Å². The molecule has 4 rings (SSSR count). The lowest BCUT2D eigenvalue weighted by Gasteiger charge is -2.20. The van der Waals surface area contributed by atoms with Crippen LogP contribution in [0.3, 0.4) is 0 Å². The molecule has 0 saturated heterocycles. The van der Waals surface area contributed by atoms with Crippen molar-refractivity contribution >= 4 is 5.91 Å². The molecule has 0 fully saturated rings. The molecule has 1 aliphatic heterocycles. The second kappa shape index (κ2) is 6.20. The van der Waals surface area contributed by atoms with Crippen molar-refractivity contribution in [2.75, 3.05) is 13.1 Å². The first-order valence-corrected chi connectivity index (χ1v) is 8.51. The zero-order chi connectivity index (χ0) is 17.4. The maximum atomic E-state index is 12.8. The van der Waals surface area contributed by atoms with Crippen LogP contribution in [-0.4, -0.2) is 43.2 Å². The predicted molar refractivity (Wildman–Crippen MR) is 95.2 cm³/mol. The van der Waals surface area contributed by atoms with Crippen LogP contribution in [0.2, 0.25) is 0 Å². The van der Waals surface area contributed by atoms with E-state index in [9.17, 15) is 4.79 Å². The molecule has 6 nitrogen and oxygen atoms in total. The van der Waals surface area contributed by atoms with Crippen LogP contribution in [0.4, 0.5) is 0 Å². The minimum absolute atomic E-state index is 0.0435. The van der Waals surface area contributed by atoms with Gasteiger partial charge in [-0.15, -0.1) is 0 Å². The number of nitrogens with zero attached hydrogens (tertiary/aromatic N) is 5. The maximum absolute atomic E-state index is 12.8. The summed E-state index contributed by atoms with van der Waals surface area (Å²) < 4.78 is 3.74. The number of hydrogen-bond acceptors (Lipinski definition) is 3. The van der Waals surface area contributed by atoms with E-state index in [1.54, 1.807) is 17.1 Å². The maximum Gasteiger partial charge on any atom is 0.272 e. The van der Waals surface area contributed by atoms with E-state index in [1.807, 2.05) is 41.9 Å². The van der Waals surface area contributed by atoms with Gasteiger partial charge in [0, 0.05) is 50.4 Å². The lowest BCUT2D eigenvalue weighted by atomic mass is 10.0.